The van der Waals surface area contributed by atoms with Crippen LogP contribution in [0, 0.1) is 19.7 Å². The molecule has 0 fully saturated rings. The van der Waals surface area contributed by atoms with Gasteiger partial charge in [-0.3, -0.25) is 13.9 Å². The molecular formula is C32H41FN2O5S. The Kier molecular flexibility index (Phi) is 9.77. The maximum Gasteiger partial charge on any atom is 0.304 e. The first-order valence-electron chi connectivity index (χ1n) is 13.9. The van der Waals surface area contributed by atoms with Crippen molar-refractivity contribution in [3.8, 4) is 5.75 Å². The first kappa shape index (κ1) is 31.0. The van der Waals surface area contributed by atoms with Gasteiger partial charge in [0.1, 0.15) is 22.6 Å². The molecule has 0 aliphatic carbocycles. The Morgan fingerprint density at radius 1 is 1.10 bits per heavy atom. The number of benzene rings is 3. The van der Waals surface area contributed by atoms with E-state index >= 15 is 0 Å². The Morgan fingerprint density at radius 2 is 1.83 bits per heavy atom. The number of rotatable bonds is 10. The molecule has 1 aliphatic rings. The highest BCUT2D eigenvalue weighted by molar-refractivity contribution is 8.22. The lowest BCUT2D eigenvalue weighted by Crippen LogP contribution is -2.34. The highest BCUT2D eigenvalue weighted by Crippen LogP contribution is 2.57. The molecule has 0 saturated heterocycles. The third-order valence-electron chi connectivity index (χ3n) is 7.80. The van der Waals surface area contributed by atoms with Gasteiger partial charge in [-0.25, -0.2) is 4.39 Å². The lowest BCUT2D eigenvalue weighted by Gasteiger charge is -2.42. The van der Waals surface area contributed by atoms with Gasteiger partial charge >= 0.3 is 5.97 Å². The second-order valence-electron chi connectivity index (χ2n) is 11.1. The molecule has 1 unspecified atom stereocenters. The number of fused-ring (bicyclic) bond motifs is 1. The van der Waals surface area contributed by atoms with Gasteiger partial charge in [0, 0.05) is 19.0 Å². The molecule has 222 valence electrons. The summed E-state index contributed by atoms with van der Waals surface area (Å²) in [6.45, 7) is 7.01. The average molecular weight is 585 g/mol. The highest BCUT2D eigenvalue weighted by Gasteiger charge is 2.35. The van der Waals surface area contributed by atoms with E-state index in [4.69, 9.17) is 4.74 Å². The highest BCUT2D eigenvalue weighted by atomic mass is 32.3. The van der Waals surface area contributed by atoms with Crippen molar-refractivity contribution < 1.29 is 28.1 Å². The molecule has 3 aromatic carbocycles. The van der Waals surface area contributed by atoms with Crippen LogP contribution in [0.25, 0.3) is 0 Å². The third-order valence-corrected chi connectivity index (χ3v) is 9.73. The summed E-state index contributed by atoms with van der Waals surface area (Å²) in [4.78, 5) is 14.4. The van der Waals surface area contributed by atoms with Crippen LogP contribution < -0.4 is 4.74 Å². The van der Waals surface area contributed by atoms with E-state index in [9.17, 15) is 23.4 Å². The van der Waals surface area contributed by atoms with Crippen molar-refractivity contribution >= 4 is 16.7 Å². The molecule has 1 aliphatic heterocycles. The van der Waals surface area contributed by atoms with Gasteiger partial charge in [-0.2, -0.15) is 4.31 Å². The van der Waals surface area contributed by atoms with Gasteiger partial charge < -0.3 is 14.7 Å². The van der Waals surface area contributed by atoms with Crippen LogP contribution in [0.1, 0.15) is 59.1 Å². The zero-order valence-corrected chi connectivity index (χ0v) is 25.2. The van der Waals surface area contributed by atoms with Crippen LogP contribution in [0.2, 0.25) is 0 Å². The van der Waals surface area contributed by atoms with Crippen LogP contribution in [0.15, 0.2) is 59.5 Å². The van der Waals surface area contributed by atoms with Gasteiger partial charge in [0.05, 0.1) is 13.0 Å². The molecule has 0 spiro atoms. The Bertz CT molecular complexity index is 1400. The number of hydrogen-bond acceptors (Lipinski definition) is 6. The number of nitrogens with zero attached hydrogens (tertiary/aromatic N) is 2. The van der Waals surface area contributed by atoms with Crippen molar-refractivity contribution in [2.75, 3.05) is 27.2 Å². The van der Waals surface area contributed by atoms with Crippen LogP contribution in [-0.2, 0) is 17.8 Å². The van der Waals surface area contributed by atoms with Gasteiger partial charge in [0.25, 0.3) is 0 Å². The molecule has 0 amide bonds. The topological polar surface area (TPSA) is 93.5 Å². The van der Waals surface area contributed by atoms with E-state index in [1.807, 2.05) is 70.1 Å². The van der Waals surface area contributed by atoms with Crippen LogP contribution in [0.3, 0.4) is 0 Å². The van der Waals surface area contributed by atoms with Crippen molar-refractivity contribution in [1.82, 2.24) is 9.21 Å². The van der Waals surface area contributed by atoms with Crippen LogP contribution in [0.4, 0.5) is 4.39 Å². The largest absolute Gasteiger partial charge is 0.487 e. The summed E-state index contributed by atoms with van der Waals surface area (Å²) in [5.74, 6) is -1.25. The van der Waals surface area contributed by atoms with E-state index in [2.05, 4.69) is 0 Å². The number of para-hydroxylation sites is 1. The molecule has 2 atom stereocenters. The fourth-order valence-electron chi connectivity index (χ4n) is 5.33. The second kappa shape index (κ2) is 12.9. The second-order valence-corrected chi connectivity index (χ2v) is 13.1. The van der Waals surface area contributed by atoms with Crippen molar-refractivity contribution in [2.24, 2.45) is 0 Å². The lowest BCUT2D eigenvalue weighted by molar-refractivity contribution is -0.137. The van der Waals surface area contributed by atoms with E-state index in [-0.39, 0.29) is 24.9 Å². The minimum Gasteiger partial charge on any atom is -0.487 e. The molecule has 1 heterocycles. The van der Waals surface area contributed by atoms with Crippen molar-refractivity contribution in [1.29, 1.82) is 0 Å². The minimum atomic E-state index is -3.34. The molecule has 0 bridgehead atoms. The quantitative estimate of drug-likeness (QED) is 0.240. The number of carboxylic acids is 1. The van der Waals surface area contributed by atoms with E-state index in [0.29, 0.717) is 47.7 Å². The van der Waals surface area contributed by atoms with Crippen molar-refractivity contribution in [3.63, 3.8) is 0 Å². The molecule has 9 heteroatoms. The molecule has 0 radical (unpaired) electrons. The van der Waals surface area contributed by atoms with Crippen LogP contribution in [0.5, 0.6) is 5.75 Å². The predicted octanol–water partition coefficient (Wildman–Crippen LogP) is 6.85. The summed E-state index contributed by atoms with van der Waals surface area (Å²) in [7, 11) is 0.520. The van der Waals surface area contributed by atoms with Gasteiger partial charge in [0.15, 0.2) is 0 Å². The SMILES string of the molecule is CC[C@@H]1CN(Cc2cc(C(CC(=O)O)c3cc(CCN(C)C)c(F)cc3C)ccc2C)S(O)(O)c2ccccc2O1. The summed E-state index contributed by atoms with van der Waals surface area (Å²) in [5.41, 5.74) is 4.64. The van der Waals surface area contributed by atoms with E-state index < -0.39 is 22.7 Å². The smallest absolute Gasteiger partial charge is 0.304 e. The maximum atomic E-state index is 14.9. The Morgan fingerprint density at radius 3 is 2.51 bits per heavy atom. The Hall–Kier alpha value is -2.95. The average Bonchev–Trinajstić information content (AvgIpc) is 3.01. The number of carbonyl (C=O) groups is 1. The minimum absolute atomic E-state index is 0.153. The number of aryl methyl sites for hydroxylation is 2. The predicted molar refractivity (Wildman–Crippen MR) is 161 cm³/mol. The van der Waals surface area contributed by atoms with Gasteiger partial charge in [0.2, 0.25) is 0 Å². The molecule has 41 heavy (non-hydrogen) atoms. The number of hydrogen-bond donors (Lipinski definition) is 3. The van der Waals surface area contributed by atoms with Crippen LogP contribution >= 0.6 is 10.8 Å². The zero-order chi connectivity index (χ0) is 29.9. The summed E-state index contributed by atoms with van der Waals surface area (Å²) < 4.78 is 45.6. The number of carboxylic acid groups (broad SMARTS) is 1. The summed E-state index contributed by atoms with van der Waals surface area (Å²) >= 11 is 0. The summed E-state index contributed by atoms with van der Waals surface area (Å²) in [6, 6.07) is 16.2. The van der Waals surface area contributed by atoms with Gasteiger partial charge in [-0.15, -0.1) is 10.8 Å². The maximum absolute atomic E-state index is 14.9. The number of likely N-dealkylation sites (N-methyl/N-ethyl adjacent to an activating group) is 1. The third kappa shape index (κ3) is 7.10. The molecule has 0 aromatic heterocycles. The Labute approximate surface area is 244 Å². The number of halogens is 1. The first-order valence-corrected chi connectivity index (χ1v) is 15.4. The fraction of sp³-hybridized carbons (Fsp3) is 0.406. The Balaban J connectivity index is 1.74. The van der Waals surface area contributed by atoms with Gasteiger partial charge in [-0.1, -0.05) is 43.3 Å². The van der Waals surface area contributed by atoms with E-state index in [1.54, 1.807) is 22.5 Å². The molecular weight excluding hydrogens is 543 g/mol. The normalized spacial score (nSPS) is 18.3. The number of aliphatic carboxylic acids is 1. The van der Waals surface area contributed by atoms with E-state index in [0.717, 1.165) is 22.3 Å². The summed E-state index contributed by atoms with van der Waals surface area (Å²) in [5, 5.41) is 9.87. The van der Waals surface area contributed by atoms with Crippen molar-refractivity contribution in [2.45, 2.75) is 63.5 Å². The molecule has 3 N–H and O–H groups in total. The lowest BCUT2D eigenvalue weighted by atomic mass is 9.83. The molecule has 0 saturated carbocycles. The summed E-state index contributed by atoms with van der Waals surface area (Å²) in [6.07, 6.45) is 0.829. The number of ether oxygens (including phenoxy) is 1. The molecule has 4 rings (SSSR count). The molecule has 7 nitrogen and oxygen atoms in total. The first-order chi connectivity index (χ1) is 19.4. The van der Waals surface area contributed by atoms with E-state index in [1.165, 1.54) is 6.07 Å². The fourth-order valence-corrected chi connectivity index (χ4v) is 6.94. The standard InChI is InChI=1S/C32H41FN2O5S/c1-6-26-20-35(41(38,39)31-10-8-7-9-30(31)40-26)19-25-16-23(12-11-21(25)2)28(18-32(36)37)27-17-24(13-14-34(4)5)29(33)15-22(27)3/h7-12,15-17,26,28,38-39H,6,13-14,18-20H2,1-5H3,(H,36,37)/t26-,28?/m1/s1. The van der Waals surface area contributed by atoms with Crippen molar-refractivity contribution in [3.05, 3.63) is 93.8 Å². The van der Waals surface area contributed by atoms with Crippen LogP contribution in [-0.4, -0.2) is 62.7 Å². The molecule has 3 aromatic rings. The van der Waals surface area contributed by atoms with Gasteiger partial charge in [-0.05, 0) is 92.4 Å². The monoisotopic (exact) mass is 584 g/mol. The zero-order valence-electron chi connectivity index (χ0n) is 24.4.